The minimum absolute atomic E-state index is 0.0379. The van der Waals surface area contributed by atoms with Crippen molar-refractivity contribution >= 4 is 106 Å². The van der Waals surface area contributed by atoms with Crippen molar-refractivity contribution in [1.82, 2.24) is 0 Å². The zero-order chi connectivity index (χ0) is 37.6. The zero-order valence-electron chi connectivity index (χ0n) is 31.5. The monoisotopic (exact) mass is 758 g/mol. The van der Waals surface area contributed by atoms with Crippen LogP contribution in [0.3, 0.4) is 0 Å². The molecule has 0 aliphatic heterocycles. The number of fused-ring (bicyclic) bond motifs is 18. The van der Waals surface area contributed by atoms with Crippen molar-refractivity contribution in [2.75, 3.05) is 0 Å². The molecule has 0 fully saturated rings. The third-order valence-corrected chi connectivity index (χ3v) is 15.3. The van der Waals surface area contributed by atoms with Gasteiger partial charge >= 0.3 is 0 Å². The molecule has 0 amide bonds. The Morgan fingerprint density at radius 3 is 1.61 bits per heavy atom. The van der Waals surface area contributed by atoms with E-state index in [0.717, 1.165) is 0 Å². The Bertz CT molecular complexity index is 3720. The van der Waals surface area contributed by atoms with Crippen molar-refractivity contribution < 1.29 is 0 Å². The zero-order valence-corrected chi connectivity index (χ0v) is 33.1. The molecule has 2 aromatic heterocycles. The maximum absolute atomic E-state index is 2.45. The molecule has 13 rings (SSSR count). The fourth-order valence-electron chi connectivity index (χ4n) is 10.3. The second-order valence-corrected chi connectivity index (χ2v) is 18.6. The standard InChI is InChI=1S/C55H34S2/c1-55(2)46-22-17-33(30-45(46)52-36-10-4-3-9-31(36)16-23-47(52)55)35-19-25-50-44(29-35)43-28-34(18-24-49(43)56-50)32-15-20-40-42(27-32)38-12-6-5-11-37(38)39-21-26-51-54(53(39)40)41-13-7-8-14-48(41)57-51/h3-30H,1-2H3. The van der Waals surface area contributed by atoms with Crippen molar-refractivity contribution in [1.29, 1.82) is 0 Å². The molecule has 0 atom stereocenters. The van der Waals surface area contributed by atoms with Gasteiger partial charge in [0.2, 0.25) is 0 Å². The Kier molecular flexibility index (Phi) is 6.36. The molecule has 0 radical (unpaired) electrons. The first-order chi connectivity index (χ1) is 28.0. The summed E-state index contributed by atoms with van der Waals surface area (Å²) < 4.78 is 5.34. The van der Waals surface area contributed by atoms with Gasteiger partial charge in [0.1, 0.15) is 0 Å². The van der Waals surface area contributed by atoms with Gasteiger partial charge in [0, 0.05) is 45.8 Å². The van der Waals surface area contributed by atoms with E-state index in [-0.39, 0.29) is 5.41 Å². The third-order valence-electron chi connectivity index (χ3n) is 13.0. The largest absolute Gasteiger partial charge is 0.135 e. The molecule has 0 saturated carbocycles. The van der Waals surface area contributed by atoms with E-state index in [0.29, 0.717) is 0 Å². The molecule has 10 aromatic carbocycles. The Hall–Kier alpha value is -6.32. The fourth-order valence-corrected chi connectivity index (χ4v) is 12.5. The summed E-state index contributed by atoms with van der Waals surface area (Å²) in [5.74, 6) is 0. The Labute approximate surface area is 337 Å². The Morgan fingerprint density at radius 2 is 0.842 bits per heavy atom. The predicted octanol–water partition coefficient (Wildman–Crippen LogP) is 16.7. The van der Waals surface area contributed by atoms with Crippen LogP contribution in [0.25, 0.3) is 117 Å². The summed E-state index contributed by atoms with van der Waals surface area (Å²) in [7, 11) is 0. The van der Waals surface area contributed by atoms with Gasteiger partial charge in [-0.1, -0.05) is 135 Å². The number of rotatable bonds is 2. The van der Waals surface area contributed by atoms with E-state index in [1.807, 2.05) is 22.7 Å². The molecule has 1 aliphatic carbocycles. The topological polar surface area (TPSA) is 0 Å². The Balaban J connectivity index is 0.980. The summed E-state index contributed by atoms with van der Waals surface area (Å²) in [6.07, 6.45) is 0. The minimum atomic E-state index is -0.0379. The number of benzene rings is 10. The number of thiophene rings is 2. The molecule has 266 valence electrons. The van der Waals surface area contributed by atoms with Gasteiger partial charge in [-0.05, 0) is 136 Å². The lowest BCUT2D eigenvalue weighted by atomic mass is 9.82. The van der Waals surface area contributed by atoms with Gasteiger partial charge < -0.3 is 0 Å². The lowest BCUT2D eigenvalue weighted by Crippen LogP contribution is -2.14. The SMILES string of the molecule is CC1(C)c2ccc(-c3ccc4sc5ccc(-c6ccc7c(c6)c6ccccc6c6ccc8sc9ccccc9c8c67)cc5c4c3)cc2-c2c1ccc1ccccc21. The third kappa shape index (κ3) is 4.37. The van der Waals surface area contributed by atoms with Crippen molar-refractivity contribution in [3.8, 4) is 33.4 Å². The molecule has 2 heterocycles. The molecule has 12 aromatic rings. The highest BCUT2D eigenvalue weighted by Crippen LogP contribution is 2.52. The van der Waals surface area contributed by atoms with Crippen LogP contribution < -0.4 is 0 Å². The van der Waals surface area contributed by atoms with Gasteiger partial charge in [0.25, 0.3) is 0 Å². The van der Waals surface area contributed by atoms with E-state index in [2.05, 4.69) is 184 Å². The molecule has 0 nitrogen and oxygen atoms in total. The van der Waals surface area contributed by atoms with Crippen molar-refractivity contribution in [2.45, 2.75) is 19.3 Å². The van der Waals surface area contributed by atoms with Gasteiger partial charge in [-0.2, -0.15) is 0 Å². The quantitative estimate of drug-likeness (QED) is 0.154. The highest BCUT2D eigenvalue weighted by molar-refractivity contribution is 7.26. The van der Waals surface area contributed by atoms with Crippen molar-refractivity contribution in [3.63, 3.8) is 0 Å². The van der Waals surface area contributed by atoms with Crippen LogP contribution in [0.1, 0.15) is 25.0 Å². The lowest BCUT2D eigenvalue weighted by Gasteiger charge is -2.21. The molecule has 0 saturated heterocycles. The summed E-state index contributed by atoms with van der Waals surface area (Å²) in [4.78, 5) is 0. The molecular formula is C55H34S2. The maximum atomic E-state index is 2.45. The predicted molar refractivity (Wildman–Crippen MR) is 251 cm³/mol. The van der Waals surface area contributed by atoms with Crippen LogP contribution in [0.2, 0.25) is 0 Å². The average molecular weight is 759 g/mol. The van der Waals surface area contributed by atoms with E-state index in [1.165, 1.54) is 128 Å². The van der Waals surface area contributed by atoms with Gasteiger partial charge in [-0.15, -0.1) is 22.7 Å². The minimum Gasteiger partial charge on any atom is -0.135 e. The smallest absolute Gasteiger partial charge is 0.0362 e. The van der Waals surface area contributed by atoms with E-state index < -0.39 is 0 Å². The van der Waals surface area contributed by atoms with Gasteiger partial charge in [0.15, 0.2) is 0 Å². The van der Waals surface area contributed by atoms with Crippen molar-refractivity contribution in [3.05, 3.63) is 181 Å². The van der Waals surface area contributed by atoms with Crippen LogP contribution >= 0.6 is 22.7 Å². The first kappa shape index (κ1) is 31.8. The van der Waals surface area contributed by atoms with Crippen LogP contribution in [0, 0.1) is 0 Å². The first-order valence-electron chi connectivity index (χ1n) is 19.8. The van der Waals surface area contributed by atoms with Crippen LogP contribution in [-0.2, 0) is 5.41 Å². The molecule has 2 heteroatoms. The molecule has 0 bridgehead atoms. The molecule has 0 unspecified atom stereocenters. The van der Waals surface area contributed by atoms with Crippen LogP contribution in [0.15, 0.2) is 170 Å². The maximum Gasteiger partial charge on any atom is 0.0362 e. The van der Waals surface area contributed by atoms with E-state index in [4.69, 9.17) is 0 Å². The van der Waals surface area contributed by atoms with Crippen molar-refractivity contribution in [2.24, 2.45) is 0 Å². The second-order valence-electron chi connectivity index (χ2n) is 16.4. The highest BCUT2D eigenvalue weighted by atomic mass is 32.1. The second kappa shape index (κ2) is 11.4. The highest BCUT2D eigenvalue weighted by Gasteiger charge is 2.36. The van der Waals surface area contributed by atoms with E-state index in [9.17, 15) is 0 Å². The lowest BCUT2D eigenvalue weighted by molar-refractivity contribution is 0.661. The average Bonchev–Trinajstić information content (AvgIpc) is 3.90. The summed E-state index contributed by atoms with van der Waals surface area (Å²) in [5.41, 5.74) is 10.6. The molecule has 0 spiro atoms. The summed E-state index contributed by atoms with van der Waals surface area (Å²) in [6, 6.07) is 64.5. The van der Waals surface area contributed by atoms with Crippen LogP contribution in [0.5, 0.6) is 0 Å². The summed E-state index contributed by atoms with van der Waals surface area (Å²) >= 11 is 3.79. The molecular weight excluding hydrogens is 725 g/mol. The molecule has 0 N–H and O–H groups in total. The van der Waals surface area contributed by atoms with Crippen LogP contribution in [-0.4, -0.2) is 0 Å². The number of hydrogen-bond donors (Lipinski definition) is 0. The Morgan fingerprint density at radius 1 is 0.333 bits per heavy atom. The van der Waals surface area contributed by atoms with Crippen LogP contribution in [0.4, 0.5) is 0 Å². The normalized spacial score (nSPS) is 13.6. The van der Waals surface area contributed by atoms with Gasteiger partial charge in [-0.3, -0.25) is 0 Å². The van der Waals surface area contributed by atoms with E-state index >= 15 is 0 Å². The fraction of sp³-hybridized carbons (Fsp3) is 0.0545. The summed E-state index contributed by atoms with van der Waals surface area (Å²) in [5, 5.41) is 16.0. The molecule has 1 aliphatic rings. The number of hydrogen-bond acceptors (Lipinski definition) is 2. The first-order valence-corrected chi connectivity index (χ1v) is 21.5. The van der Waals surface area contributed by atoms with E-state index in [1.54, 1.807) is 0 Å². The summed E-state index contributed by atoms with van der Waals surface area (Å²) in [6.45, 7) is 4.75. The van der Waals surface area contributed by atoms with Gasteiger partial charge in [-0.25, -0.2) is 0 Å². The van der Waals surface area contributed by atoms with Gasteiger partial charge in [0.05, 0.1) is 0 Å². The molecule has 57 heavy (non-hydrogen) atoms.